The number of benzene rings is 2. The molecule has 26 heavy (non-hydrogen) atoms. The van der Waals surface area contributed by atoms with E-state index in [-0.39, 0.29) is 18.6 Å². The largest absolute Gasteiger partial charge is 0.452 e. The van der Waals surface area contributed by atoms with Crippen molar-refractivity contribution in [2.24, 2.45) is 0 Å². The molecule has 2 aromatic rings. The lowest BCUT2D eigenvalue weighted by Crippen LogP contribution is -2.31. The van der Waals surface area contributed by atoms with Crippen molar-refractivity contribution in [2.75, 3.05) is 6.61 Å². The number of rotatable bonds is 5. The number of amides is 1. The predicted octanol–water partition coefficient (Wildman–Crippen LogP) is 4.25. The zero-order valence-corrected chi connectivity index (χ0v) is 15.5. The van der Waals surface area contributed by atoms with Gasteiger partial charge in [-0.25, -0.2) is 4.79 Å². The lowest BCUT2D eigenvalue weighted by atomic mass is 9.90. The number of aryl methyl sites for hydroxylation is 2. The lowest BCUT2D eigenvalue weighted by Gasteiger charge is -2.16. The summed E-state index contributed by atoms with van der Waals surface area (Å²) in [6, 6.07) is 12.7. The third-order valence-electron chi connectivity index (χ3n) is 4.67. The molecule has 0 aromatic heterocycles. The summed E-state index contributed by atoms with van der Waals surface area (Å²) < 4.78 is 5.16. The van der Waals surface area contributed by atoms with Gasteiger partial charge in [-0.05, 0) is 73.6 Å². The van der Waals surface area contributed by atoms with Gasteiger partial charge in [0, 0.05) is 5.02 Å². The molecule has 136 valence electrons. The van der Waals surface area contributed by atoms with E-state index in [4.69, 9.17) is 16.3 Å². The average Bonchev–Trinajstić information content (AvgIpc) is 2.66. The molecule has 1 amide bonds. The summed E-state index contributed by atoms with van der Waals surface area (Å²) in [7, 11) is 0. The van der Waals surface area contributed by atoms with Crippen molar-refractivity contribution in [1.82, 2.24) is 5.32 Å². The molecule has 4 nitrogen and oxygen atoms in total. The van der Waals surface area contributed by atoms with Gasteiger partial charge in [0.1, 0.15) is 0 Å². The molecule has 2 aromatic carbocycles. The van der Waals surface area contributed by atoms with E-state index in [1.807, 2.05) is 31.2 Å². The van der Waals surface area contributed by atoms with E-state index >= 15 is 0 Å². The topological polar surface area (TPSA) is 55.4 Å². The second kappa shape index (κ2) is 8.37. The molecular weight excluding hydrogens is 350 g/mol. The maximum Gasteiger partial charge on any atom is 0.338 e. The molecule has 1 N–H and O–H groups in total. The fourth-order valence-corrected chi connectivity index (χ4v) is 3.32. The smallest absolute Gasteiger partial charge is 0.338 e. The van der Waals surface area contributed by atoms with Gasteiger partial charge < -0.3 is 10.1 Å². The lowest BCUT2D eigenvalue weighted by molar-refractivity contribution is -0.124. The fourth-order valence-electron chi connectivity index (χ4n) is 3.19. The Kier molecular flexibility index (Phi) is 5.94. The first-order chi connectivity index (χ1) is 12.5. The van der Waals surface area contributed by atoms with Crippen LogP contribution < -0.4 is 5.32 Å². The van der Waals surface area contributed by atoms with E-state index in [1.165, 1.54) is 17.5 Å². The molecule has 0 unspecified atom stereocenters. The number of nitrogens with one attached hydrogen (secondary N) is 1. The van der Waals surface area contributed by atoms with Gasteiger partial charge >= 0.3 is 5.97 Å². The molecule has 0 spiro atoms. The molecule has 3 rings (SSSR count). The Hall–Kier alpha value is -2.33. The number of carbonyl (C=O) groups is 2. The van der Waals surface area contributed by atoms with E-state index in [0.29, 0.717) is 10.6 Å². The van der Waals surface area contributed by atoms with Crippen LogP contribution in [-0.2, 0) is 22.4 Å². The first-order valence-electron chi connectivity index (χ1n) is 8.86. The number of carbonyl (C=O) groups excluding carboxylic acids is 2. The monoisotopic (exact) mass is 371 g/mol. The average molecular weight is 372 g/mol. The number of hydrogen-bond donors (Lipinski definition) is 1. The van der Waals surface area contributed by atoms with E-state index in [9.17, 15) is 9.59 Å². The highest BCUT2D eigenvalue weighted by Gasteiger charge is 2.16. The highest BCUT2D eigenvalue weighted by atomic mass is 35.5. The number of ether oxygens (including phenoxy) is 1. The fraction of sp³-hybridized carbons (Fsp3) is 0.333. The minimum atomic E-state index is -0.465. The van der Waals surface area contributed by atoms with Crippen LogP contribution in [0.5, 0.6) is 0 Å². The second-order valence-corrected chi connectivity index (χ2v) is 7.04. The first-order valence-corrected chi connectivity index (χ1v) is 9.24. The Balaban J connectivity index is 1.52. The first kappa shape index (κ1) is 18.5. The normalized spacial score (nSPS) is 14.2. The zero-order chi connectivity index (χ0) is 18.5. The molecule has 1 aliphatic carbocycles. The van der Waals surface area contributed by atoms with Crippen molar-refractivity contribution in [1.29, 1.82) is 0 Å². The highest BCUT2D eigenvalue weighted by molar-refractivity contribution is 6.30. The molecule has 5 heteroatoms. The van der Waals surface area contributed by atoms with Gasteiger partial charge in [0.25, 0.3) is 5.91 Å². The van der Waals surface area contributed by atoms with Gasteiger partial charge in [0.2, 0.25) is 0 Å². The molecule has 0 heterocycles. The van der Waals surface area contributed by atoms with Crippen LogP contribution in [0.25, 0.3) is 0 Å². The van der Waals surface area contributed by atoms with Gasteiger partial charge in [0.05, 0.1) is 11.6 Å². The quantitative estimate of drug-likeness (QED) is 0.799. The van der Waals surface area contributed by atoms with E-state index in [2.05, 4.69) is 5.32 Å². The maximum absolute atomic E-state index is 12.2. The van der Waals surface area contributed by atoms with Gasteiger partial charge in [0.15, 0.2) is 6.61 Å². The molecule has 0 saturated heterocycles. The molecular formula is C21H22ClNO3. The Labute approximate surface area is 158 Å². The van der Waals surface area contributed by atoms with Crippen molar-refractivity contribution in [3.8, 4) is 0 Å². The van der Waals surface area contributed by atoms with Crippen molar-refractivity contribution >= 4 is 23.5 Å². The number of esters is 1. The summed E-state index contributed by atoms with van der Waals surface area (Å²) in [5, 5.41) is 3.46. The van der Waals surface area contributed by atoms with Crippen molar-refractivity contribution < 1.29 is 14.3 Å². The summed E-state index contributed by atoms with van der Waals surface area (Å²) >= 11 is 5.86. The summed E-state index contributed by atoms with van der Waals surface area (Å²) in [5.41, 5.74) is 3.96. The van der Waals surface area contributed by atoms with E-state index < -0.39 is 5.97 Å². The number of hydrogen-bond acceptors (Lipinski definition) is 3. The van der Waals surface area contributed by atoms with Crippen molar-refractivity contribution in [3.63, 3.8) is 0 Å². The molecule has 0 fully saturated rings. The minimum absolute atomic E-state index is 0.192. The SMILES string of the molecule is C[C@@H](NC(=O)COC(=O)c1ccc2c(c1)CCCC2)c1ccc(Cl)cc1. The third kappa shape index (κ3) is 4.64. The summed E-state index contributed by atoms with van der Waals surface area (Å²) in [4.78, 5) is 24.3. The van der Waals surface area contributed by atoms with Gasteiger partial charge in [-0.1, -0.05) is 29.8 Å². The van der Waals surface area contributed by atoms with Crippen molar-refractivity contribution in [3.05, 3.63) is 69.7 Å². The van der Waals surface area contributed by atoms with Crippen LogP contribution in [0.2, 0.25) is 5.02 Å². The van der Waals surface area contributed by atoms with Crippen LogP contribution >= 0.6 is 11.6 Å². The van der Waals surface area contributed by atoms with E-state index in [0.717, 1.165) is 24.8 Å². The molecule has 0 radical (unpaired) electrons. The zero-order valence-electron chi connectivity index (χ0n) is 14.8. The molecule has 0 bridgehead atoms. The summed E-state index contributed by atoms with van der Waals surface area (Å²) in [6.07, 6.45) is 4.41. The van der Waals surface area contributed by atoms with E-state index in [1.54, 1.807) is 18.2 Å². The highest BCUT2D eigenvalue weighted by Crippen LogP contribution is 2.22. The van der Waals surface area contributed by atoms with Crippen LogP contribution in [0.1, 0.15) is 52.9 Å². The third-order valence-corrected chi connectivity index (χ3v) is 4.92. The van der Waals surface area contributed by atoms with Gasteiger partial charge in [-0.3, -0.25) is 4.79 Å². The van der Waals surface area contributed by atoms with Crippen LogP contribution in [0.4, 0.5) is 0 Å². The van der Waals surface area contributed by atoms with Gasteiger partial charge in [-0.15, -0.1) is 0 Å². The van der Waals surface area contributed by atoms with Crippen molar-refractivity contribution in [2.45, 2.75) is 38.6 Å². The molecule has 0 saturated carbocycles. The minimum Gasteiger partial charge on any atom is -0.452 e. The van der Waals surface area contributed by atoms with Crippen LogP contribution in [0.15, 0.2) is 42.5 Å². The maximum atomic E-state index is 12.2. The molecule has 1 aliphatic rings. The van der Waals surface area contributed by atoms with Crippen LogP contribution in [0.3, 0.4) is 0 Å². The summed E-state index contributed by atoms with van der Waals surface area (Å²) in [5.74, 6) is -0.800. The second-order valence-electron chi connectivity index (χ2n) is 6.61. The number of fused-ring (bicyclic) bond motifs is 1. The standard InChI is InChI=1S/C21H22ClNO3/c1-14(15-8-10-19(22)11-9-15)23-20(24)13-26-21(25)18-7-6-16-4-2-3-5-17(16)12-18/h6-12,14H,2-5,13H2,1H3,(H,23,24)/t14-/m1/s1. The Morgan fingerprint density at radius 3 is 2.50 bits per heavy atom. The Morgan fingerprint density at radius 2 is 1.77 bits per heavy atom. The number of halogens is 1. The predicted molar refractivity (Wildman–Crippen MR) is 101 cm³/mol. The Morgan fingerprint density at radius 1 is 1.08 bits per heavy atom. The Bertz CT molecular complexity index is 801. The molecule has 1 atom stereocenters. The van der Waals surface area contributed by atoms with Gasteiger partial charge in [-0.2, -0.15) is 0 Å². The summed E-state index contributed by atoms with van der Waals surface area (Å²) in [6.45, 7) is 1.57. The van der Waals surface area contributed by atoms with Crippen LogP contribution in [-0.4, -0.2) is 18.5 Å². The van der Waals surface area contributed by atoms with Crippen LogP contribution in [0, 0.1) is 0 Å². The molecule has 0 aliphatic heterocycles.